The van der Waals surface area contributed by atoms with E-state index in [9.17, 15) is 4.79 Å². The second kappa shape index (κ2) is 9.31. The lowest BCUT2D eigenvalue weighted by atomic mass is 10.1. The smallest absolute Gasteiger partial charge is 0.224 e. The number of carbonyl (C=O) groups is 1. The first-order valence-electron chi connectivity index (χ1n) is 8.82. The molecule has 1 fully saturated rings. The summed E-state index contributed by atoms with van der Waals surface area (Å²) < 4.78 is 10.6. The first-order chi connectivity index (χ1) is 13.1. The summed E-state index contributed by atoms with van der Waals surface area (Å²) in [5.41, 5.74) is 2.56. The zero-order chi connectivity index (χ0) is 19.2. The van der Waals surface area contributed by atoms with Crippen molar-refractivity contribution >= 4 is 40.5 Å². The Morgan fingerprint density at radius 3 is 2.67 bits per heavy atom. The number of morpholine rings is 1. The van der Waals surface area contributed by atoms with Crippen LogP contribution in [-0.2, 0) is 16.0 Å². The fraction of sp³-hybridized carbons (Fsp3) is 0.350. The van der Waals surface area contributed by atoms with Gasteiger partial charge >= 0.3 is 0 Å². The lowest BCUT2D eigenvalue weighted by Gasteiger charge is -2.31. The molecule has 5 nitrogen and oxygen atoms in total. The van der Waals surface area contributed by atoms with Gasteiger partial charge in [0.1, 0.15) is 5.75 Å². The molecule has 0 saturated carbocycles. The largest absolute Gasteiger partial charge is 0.495 e. The molecule has 144 valence electrons. The number of anilines is 2. The van der Waals surface area contributed by atoms with Crippen molar-refractivity contribution in [2.75, 3.05) is 43.6 Å². The third-order valence-electron chi connectivity index (χ3n) is 4.45. The maximum atomic E-state index is 12.5. The van der Waals surface area contributed by atoms with Gasteiger partial charge in [0.05, 0.1) is 41.7 Å². The Morgan fingerprint density at radius 1 is 1.19 bits per heavy atom. The van der Waals surface area contributed by atoms with Crippen LogP contribution in [0.2, 0.25) is 10.0 Å². The lowest BCUT2D eigenvalue weighted by Crippen LogP contribution is -2.37. The highest BCUT2D eigenvalue weighted by Crippen LogP contribution is 2.34. The quantitative estimate of drug-likeness (QED) is 0.768. The predicted molar refractivity (Wildman–Crippen MR) is 109 cm³/mol. The molecule has 1 heterocycles. The number of para-hydroxylation sites is 1. The summed E-state index contributed by atoms with van der Waals surface area (Å²) in [5, 5.41) is 4.16. The Kier molecular flexibility index (Phi) is 6.83. The van der Waals surface area contributed by atoms with Crippen LogP contribution in [0.15, 0.2) is 36.4 Å². The van der Waals surface area contributed by atoms with E-state index in [1.54, 1.807) is 7.11 Å². The molecule has 1 saturated heterocycles. The van der Waals surface area contributed by atoms with Gasteiger partial charge < -0.3 is 19.7 Å². The zero-order valence-electron chi connectivity index (χ0n) is 15.1. The van der Waals surface area contributed by atoms with Crippen LogP contribution < -0.4 is 15.0 Å². The standard InChI is InChI=1S/C20H22Cl2N2O3/c1-26-18-7-5-14(13-16(18)22)6-8-19(25)23-17-4-2-3-15(21)20(17)24-9-11-27-12-10-24/h2-5,7,13H,6,8-12H2,1H3,(H,23,25). The highest BCUT2D eigenvalue weighted by Gasteiger charge is 2.19. The minimum atomic E-state index is -0.0706. The van der Waals surface area contributed by atoms with Crippen molar-refractivity contribution in [1.29, 1.82) is 0 Å². The van der Waals surface area contributed by atoms with E-state index < -0.39 is 0 Å². The van der Waals surface area contributed by atoms with Gasteiger partial charge in [-0.15, -0.1) is 0 Å². The Balaban J connectivity index is 1.65. The molecule has 1 aliphatic heterocycles. The lowest BCUT2D eigenvalue weighted by molar-refractivity contribution is -0.116. The molecule has 2 aromatic rings. The molecule has 7 heteroatoms. The molecular weight excluding hydrogens is 387 g/mol. The summed E-state index contributed by atoms with van der Waals surface area (Å²) in [4.78, 5) is 14.6. The fourth-order valence-electron chi connectivity index (χ4n) is 3.06. The van der Waals surface area contributed by atoms with Crippen LogP contribution in [-0.4, -0.2) is 39.3 Å². The van der Waals surface area contributed by atoms with Crippen LogP contribution in [0.1, 0.15) is 12.0 Å². The molecule has 1 aliphatic rings. The molecule has 1 amide bonds. The van der Waals surface area contributed by atoms with Gasteiger partial charge in [-0.05, 0) is 36.2 Å². The van der Waals surface area contributed by atoms with Gasteiger partial charge in [0.25, 0.3) is 0 Å². The summed E-state index contributed by atoms with van der Waals surface area (Å²) in [6.07, 6.45) is 0.931. The number of hydrogen-bond donors (Lipinski definition) is 1. The Hall–Kier alpha value is -1.95. The number of carbonyl (C=O) groups excluding carboxylic acids is 1. The van der Waals surface area contributed by atoms with E-state index in [0.29, 0.717) is 41.9 Å². The number of rotatable bonds is 6. The Labute approximate surface area is 169 Å². The summed E-state index contributed by atoms with van der Waals surface area (Å²) in [6, 6.07) is 11.1. The van der Waals surface area contributed by atoms with Crippen LogP contribution in [0, 0.1) is 0 Å². The first-order valence-corrected chi connectivity index (χ1v) is 9.57. The van der Waals surface area contributed by atoms with Gasteiger partial charge in [-0.3, -0.25) is 4.79 Å². The molecular formula is C20H22Cl2N2O3. The van der Waals surface area contributed by atoms with Gasteiger partial charge in [-0.1, -0.05) is 35.3 Å². The van der Waals surface area contributed by atoms with Crippen molar-refractivity contribution in [1.82, 2.24) is 0 Å². The SMILES string of the molecule is COc1ccc(CCC(=O)Nc2cccc(Cl)c2N2CCOCC2)cc1Cl. The molecule has 27 heavy (non-hydrogen) atoms. The molecule has 0 bridgehead atoms. The van der Waals surface area contributed by atoms with Gasteiger partial charge in [0.15, 0.2) is 0 Å². The molecule has 0 aromatic heterocycles. The number of aryl methyl sites for hydroxylation is 1. The van der Waals surface area contributed by atoms with Gasteiger partial charge in [0, 0.05) is 19.5 Å². The molecule has 0 atom stereocenters. The minimum absolute atomic E-state index is 0.0706. The fourth-order valence-corrected chi connectivity index (χ4v) is 3.63. The number of nitrogens with zero attached hydrogens (tertiary/aromatic N) is 1. The summed E-state index contributed by atoms with van der Waals surface area (Å²) in [5.74, 6) is 0.553. The summed E-state index contributed by atoms with van der Waals surface area (Å²) in [6.45, 7) is 2.79. The maximum absolute atomic E-state index is 12.5. The number of ether oxygens (including phenoxy) is 2. The number of halogens is 2. The van der Waals surface area contributed by atoms with Crippen LogP contribution in [0.4, 0.5) is 11.4 Å². The van der Waals surface area contributed by atoms with Crippen LogP contribution in [0.5, 0.6) is 5.75 Å². The second-order valence-electron chi connectivity index (χ2n) is 6.25. The molecule has 3 rings (SSSR count). The predicted octanol–water partition coefficient (Wildman–Crippen LogP) is 4.41. The second-order valence-corrected chi connectivity index (χ2v) is 7.07. The maximum Gasteiger partial charge on any atom is 0.224 e. The van der Waals surface area contributed by atoms with E-state index in [-0.39, 0.29) is 5.91 Å². The molecule has 2 aromatic carbocycles. The van der Waals surface area contributed by atoms with Gasteiger partial charge in [0.2, 0.25) is 5.91 Å². The van der Waals surface area contributed by atoms with Crippen molar-refractivity contribution in [3.05, 3.63) is 52.0 Å². The highest BCUT2D eigenvalue weighted by molar-refractivity contribution is 6.34. The van der Waals surface area contributed by atoms with E-state index >= 15 is 0 Å². The molecule has 0 radical (unpaired) electrons. The van der Waals surface area contributed by atoms with E-state index in [1.165, 1.54) is 0 Å². The summed E-state index contributed by atoms with van der Waals surface area (Å²) in [7, 11) is 1.57. The van der Waals surface area contributed by atoms with Crippen molar-refractivity contribution in [2.45, 2.75) is 12.8 Å². The van der Waals surface area contributed by atoms with Crippen molar-refractivity contribution in [3.8, 4) is 5.75 Å². The third kappa shape index (κ3) is 5.06. The number of methoxy groups -OCH3 is 1. The monoisotopic (exact) mass is 408 g/mol. The van der Waals surface area contributed by atoms with E-state index in [0.717, 1.165) is 30.0 Å². The van der Waals surface area contributed by atoms with Crippen LogP contribution >= 0.6 is 23.2 Å². The Morgan fingerprint density at radius 2 is 1.96 bits per heavy atom. The van der Waals surface area contributed by atoms with Gasteiger partial charge in [-0.25, -0.2) is 0 Å². The number of nitrogens with one attached hydrogen (secondary N) is 1. The highest BCUT2D eigenvalue weighted by atomic mass is 35.5. The number of hydrogen-bond acceptors (Lipinski definition) is 4. The first kappa shape index (κ1) is 19.8. The van der Waals surface area contributed by atoms with Crippen molar-refractivity contribution < 1.29 is 14.3 Å². The molecule has 0 unspecified atom stereocenters. The third-order valence-corrected chi connectivity index (χ3v) is 5.05. The molecule has 1 N–H and O–H groups in total. The average Bonchev–Trinajstić information content (AvgIpc) is 2.67. The molecule has 0 aliphatic carbocycles. The summed E-state index contributed by atoms with van der Waals surface area (Å²) >= 11 is 12.5. The van der Waals surface area contributed by atoms with E-state index in [2.05, 4.69) is 10.2 Å². The molecule has 0 spiro atoms. The van der Waals surface area contributed by atoms with E-state index in [1.807, 2.05) is 36.4 Å². The zero-order valence-corrected chi connectivity index (χ0v) is 16.6. The van der Waals surface area contributed by atoms with Crippen molar-refractivity contribution in [2.24, 2.45) is 0 Å². The van der Waals surface area contributed by atoms with Crippen LogP contribution in [0.25, 0.3) is 0 Å². The Bertz CT molecular complexity index is 808. The average molecular weight is 409 g/mol. The van der Waals surface area contributed by atoms with Gasteiger partial charge in [-0.2, -0.15) is 0 Å². The van der Waals surface area contributed by atoms with Crippen LogP contribution in [0.3, 0.4) is 0 Å². The topological polar surface area (TPSA) is 50.8 Å². The van der Waals surface area contributed by atoms with Crippen molar-refractivity contribution in [3.63, 3.8) is 0 Å². The minimum Gasteiger partial charge on any atom is -0.495 e. The van der Waals surface area contributed by atoms with E-state index in [4.69, 9.17) is 32.7 Å². The number of amides is 1. The number of benzene rings is 2. The normalized spacial score (nSPS) is 14.1.